The first kappa shape index (κ1) is 21.8. The monoisotopic (exact) mass is 440 g/mol. The maximum Gasteiger partial charge on any atom is 0.335 e. The summed E-state index contributed by atoms with van der Waals surface area (Å²) in [5, 5.41) is 9.19. The maximum atomic E-state index is 13.3. The van der Waals surface area contributed by atoms with Gasteiger partial charge in [0.05, 0.1) is 24.0 Å². The van der Waals surface area contributed by atoms with Crippen molar-refractivity contribution < 1.29 is 31.8 Å². The van der Waals surface area contributed by atoms with Crippen molar-refractivity contribution in [3.8, 4) is 5.75 Å². The van der Waals surface area contributed by atoms with Gasteiger partial charge in [0.25, 0.3) is 16.4 Å². The highest BCUT2D eigenvalue weighted by molar-refractivity contribution is 7.92. The van der Waals surface area contributed by atoms with Crippen molar-refractivity contribution in [3.05, 3.63) is 47.5 Å². The molecular weight excluding hydrogens is 418 g/mol. The van der Waals surface area contributed by atoms with E-state index in [9.17, 15) is 27.1 Å². The summed E-state index contributed by atoms with van der Waals surface area (Å²) in [6, 6.07) is 7.30. The molecule has 2 aromatic carbocycles. The number of ether oxygens (including phenoxy) is 1. The lowest BCUT2D eigenvalue weighted by Crippen LogP contribution is -2.30. The first-order chi connectivity index (χ1) is 14.2. The summed E-state index contributed by atoms with van der Waals surface area (Å²) >= 11 is 0. The van der Waals surface area contributed by atoms with Gasteiger partial charge in [-0.2, -0.15) is 0 Å². The molecule has 1 saturated heterocycles. The van der Waals surface area contributed by atoms with Crippen molar-refractivity contribution in [1.82, 2.24) is 0 Å². The van der Waals surface area contributed by atoms with E-state index in [-0.39, 0.29) is 22.6 Å². The molecule has 0 atom stereocenters. The number of hydrogen-bond acceptors (Lipinski definition) is 5. The predicted octanol–water partition coefficient (Wildman–Crippen LogP) is 4.12. The van der Waals surface area contributed by atoms with Crippen molar-refractivity contribution in [2.24, 2.45) is 0 Å². The molecule has 10 heteroatoms. The first-order valence-corrected chi connectivity index (χ1v) is 10.8. The summed E-state index contributed by atoms with van der Waals surface area (Å²) < 4.78 is 60.1. The lowest BCUT2D eigenvalue weighted by Gasteiger charge is -2.31. The quantitative estimate of drug-likeness (QED) is 0.672. The van der Waals surface area contributed by atoms with E-state index in [1.807, 2.05) is 4.90 Å². The lowest BCUT2D eigenvalue weighted by atomic mass is 10.1. The third-order valence-electron chi connectivity index (χ3n) is 4.91. The highest BCUT2D eigenvalue weighted by atomic mass is 32.2. The fourth-order valence-corrected chi connectivity index (χ4v) is 4.66. The maximum absolute atomic E-state index is 13.3. The van der Waals surface area contributed by atoms with Crippen LogP contribution in [0.25, 0.3) is 0 Å². The van der Waals surface area contributed by atoms with Gasteiger partial charge in [0.1, 0.15) is 10.6 Å². The molecule has 0 amide bonds. The molecule has 0 radical (unpaired) electrons. The van der Waals surface area contributed by atoms with Crippen molar-refractivity contribution in [1.29, 1.82) is 0 Å². The molecule has 0 bridgehead atoms. The zero-order chi connectivity index (χ0) is 21.9. The lowest BCUT2D eigenvalue weighted by molar-refractivity contribution is 0.0696. The first-order valence-electron chi connectivity index (χ1n) is 9.34. The number of halogens is 2. The average molecular weight is 440 g/mol. The second kappa shape index (κ2) is 8.86. The third kappa shape index (κ3) is 4.64. The molecule has 1 aliphatic rings. The average Bonchev–Trinajstić information content (AvgIpc) is 2.73. The number of alkyl halides is 2. The highest BCUT2D eigenvalue weighted by Gasteiger charge is 2.25. The number of sulfonamides is 1. The minimum atomic E-state index is -4.33. The molecule has 7 nitrogen and oxygen atoms in total. The molecule has 0 saturated carbocycles. The van der Waals surface area contributed by atoms with Crippen LogP contribution in [0.3, 0.4) is 0 Å². The smallest absolute Gasteiger partial charge is 0.335 e. The van der Waals surface area contributed by atoms with E-state index in [2.05, 4.69) is 4.72 Å². The van der Waals surface area contributed by atoms with Gasteiger partial charge in [-0.05, 0) is 49.6 Å². The molecule has 1 aliphatic heterocycles. The molecular formula is C20H22F2N2O5S. The van der Waals surface area contributed by atoms with Crippen LogP contribution in [0.2, 0.25) is 0 Å². The van der Waals surface area contributed by atoms with Gasteiger partial charge in [0.2, 0.25) is 0 Å². The van der Waals surface area contributed by atoms with Crippen LogP contribution in [0.4, 0.5) is 20.2 Å². The molecule has 1 fully saturated rings. The van der Waals surface area contributed by atoms with E-state index in [1.54, 1.807) is 0 Å². The number of nitrogens with one attached hydrogen (secondary N) is 1. The van der Waals surface area contributed by atoms with Crippen molar-refractivity contribution in [2.75, 3.05) is 29.8 Å². The molecule has 3 rings (SSSR count). The Morgan fingerprint density at radius 1 is 1.13 bits per heavy atom. The van der Waals surface area contributed by atoms with Crippen LogP contribution >= 0.6 is 0 Å². The number of piperidine rings is 1. The number of anilines is 2. The molecule has 0 spiro atoms. The van der Waals surface area contributed by atoms with E-state index in [1.165, 1.54) is 31.4 Å². The Morgan fingerprint density at radius 3 is 2.43 bits per heavy atom. The Morgan fingerprint density at radius 2 is 1.83 bits per heavy atom. The van der Waals surface area contributed by atoms with Crippen LogP contribution in [-0.2, 0) is 10.0 Å². The minimum Gasteiger partial charge on any atom is -0.495 e. The second-order valence-corrected chi connectivity index (χ2v) is 8.55. The summed E-state index contributed by atoms with van der Waals surface area (Å²) in [6.07, 6.45) is 0.106. The largest absolute Gasteiger partial charge is 0.495 e. The Bertz CT molecular complexity index is 1040. The van der Waals surface area contributed by atoms with Crippen molar-refractivity contribution in [3.63, 3.8) is 0 Å². The van der Waals surface area contributed by atoms with E-state index < -0.39 is 27.3 Å². The normalized spacial score (nSPS) is 14.6. The number of benzene rings is 2. The molecule has 162 valence electrons. The minimum absolute atomic E-state index is 0.0116. The zero-order valence-corrected chi connectivity index (χ0v) is 17.1. The number of hydrogen-bond donors (Lipinski definition) is 2. The molecule has 0 unspecified atom stereocenters. The van der Waals surface area contributed by atoms with Crippen LogP contribution < -0.4 is 14.4 Å². The SMILES string of the molecule is COc1ccc(C(=O)O)cc1S(=O)(=O)Nc1cc(C(F)F)ccc1N1CCCCC1. The number of rotatable bonds is 7. The van der Waals surface area contributed by atoms with E-state index >= 15 is 0 Å². The van der Waals surface area contributed by atoms with Gasteiger partial charge in [-0.1, -0.05) is 6.07 Å². The second-order valence-electron chi connectivity index (χ2n) is 6.90. The van der Waals surface area contributed by atoms with Crippen LogP contribution in [0.5, 0.6) is 5.75 Å². The fourth-order valence-electron chi connectivity index (χ4n) is 3.40. The number of nitrogens with zero attached hydrogens (tertiary/aromatic N) is 1. The highest BCUT2D eigenvalue weighted by Crippen LogP contribution is 2.35. The van der Waals surface area contributed by atoms with Gasteiger partial charge in [-0.15, -0.1) is 0 Å². The van der Waals surface area contributed by atoms with Crippen LogP contribution in [0.1, 0.15) is 41.6 Å². The van der Waals surface area contributed by atoms with Crippen LogP contribution in [0.15, 0.2) is 41.3 Å². The van der Waals surface area contributed by atoms with Gasteiger partial charge in [0.15, 0.2) is 0 Å². The van der Waals surface area contributed by atoms with Gasteiger partial charge in [-0.25, -0.2) is 22.0 Å². The number of aromatic carboxylic acids is 1. The molecule has 1 heterocycles. The number of carbonyl (C=O) groups is 1. The summed E-state index contributed by atoms with van der Waals surface area (Å²) in [5.74, 6) is -1.36. The molecule has 0 aliphatic carbocycles. The Labute approximate surface area is 173 Å². The summed E-state index contributed by atoms with van der Waals surface area (Å²) in [7, 11) is -3.07. The van der Waals surface area contributed by atoms with Crippen LogP contribution in [0, 0.1) is 0 Å². The zero-order valence-electron chi connectivity index (χ0n) is 16.3. The van der Waals surface area contributed by atoms with Crippen LogP contribution in [-0.4, -0.2) is 39.7 Å². The fraction of sp³-hybridized carbons (Fsp3) is 0.350. The molecule has 30 heavy (non-hydrogen) atoms. The summed E-state index contributed by atoms with van der Waals surface area (Å²) in [4.78, 5) is 12.8. The topological polar surface area (TPSA) is 95.9 Å². The molecule has 2 N–H and O–H groups in total. The predicted molar refractivity (Wildman–Crippen MR) is 108 cm³/mol. The van der Waals surface area contributed by atoms with E-state index in [4.69, 9.17) is 4.74 Å². The van der Waals surface area contributed by atoms with Gasteiger partial charge < -0.3 is 14.7 Å². The van der Waals surface area contributed by atoms with E-state index in [0.717, 1.165) is 31.4 Å². The van der Waals surface area contributed by atoms with Gasteiger partial charge in [0, 0.05) is 18.7 Å². The number of methoxy groups -OCH3 is 1. The van der Waals surface area contributed by atoms with E-state index in [0.29, 0.717) is 18.8 Å². The van der Waals surface area contributed by atoms with Crippen molar-refractivity contribution >= 4 is 27.4 Å². The number of carboxylic acid groups (broad SMARTS) is 1. The third-order valence-corrected chi connectivity index (χ3v) is 6.30. The van der Waals surface area contributed by atoms with Gasteiger partial charge >= 0.3 is 5.97 Å². The number of carboxylic acids is 1. The summed E-state index contributed by atoms with van der Waals surface area (Å²) in [6.45, 7) is 1.36. The van der Waals surface area contributed by atoms with Crippen molar-refractivity contribution in [2.45, 2.75) is 30.6 Å². The molecule has 0 aromatic heterocycles. The Hall–Kier alpha value is -2.88. The standard InChI is InChI=1S/C20H22F2N2O5S/c1-29-17-8-6-14(20(25)26)12-18(17)30(27,28)23-15-11-13(19(21)22)5-7-16(15)24-9-3-2-4-10-24/h5-8,11-12,19,23H,2-4,9-10H2,1H3,(H,25,26). The Kier molecular flexibility index (Phi) is 6.45. The molecule has 2 aromatic rings. The summed E-state index contributed by atoms with van der Waals surface area (Å²) in [5.41, 5.74) is -0.0537. The van der Waals surface area contributed by atoms with Gasteiger partial charge in [-0.3, -0.25) is 4.72 Å². The Balaban J connectivity index is 2.06.